The van der Waals surface area contributed by atoms with E-state index in [1.807, 2.05) is 0 Å². The summed E-state index contributed by atoms with van der Waals surface area (Å²) in [6.07, 6.45) is -0.00453. The monoisotopic (exact) mass is 271 g/mol. The van der Waals surface area contributed by atoms with Crippen LogP contribution in [0.15, 0.2) is 24.3 Å². The summed E-state index contributed by atoms with van der Waals surface area (Å²) in [6.45, 7) is 0.0349. The Morgan fingerprint density at radius 1 is 1.35 bits per heavy atom. The fourth-order valence-corrected chi connectivity index (χ4v) is 1.27. The highest BCUT2D eigenvalue weighted by molar-refractivity contribution is 6.33. The van der Waals surface area contributed by atoms with Crippen molar-refractivity contribution < 1.29 is 9.53 Å². The van der Waals surface area contributed by atoms with Crippen molar-refractivity contribution in [1.82, 2.24) is 0 Å². The van der Waals surface area contributed by atoms with Crippen molar-refractivity contribution in [3.05, 3.63) is 29.3 Å². The van der Waals surface area contributed by atoms with E-state index in [1.54, 1.807) is 24.3 Å². The molecule has 0 aromatic heterocycles. The number of carbonyl (C=O) groups is 1. The third-order valence-electron chi connectivity index (χ3n) is 1.73. The molecule has 3 nitrogen and oxygen atoms in total. The van der Waals surface area contributed by atoms with Gasteiger partial charge in [0.05, 0.1) is 10.7 Å². The molecule has 5 heteroatoms. The van der Waals surface area contributed by atoms with Gasteiger partial charge >= 0.3 is 6.09 Å². The molecule has 1 aromatic rings. The molecule has 0 fully saturated rings. The molecule has 1 rings (SSSR count). The number of anilines is 1. The van der Waals surface area contributed by atoms with Crippen molar-refractivity contribution in [2.75, 3.05) is 17.8 Å². The zero-order chi connectivity index (χ0) is 12.5. The molecular formula is C12H11Cl2NO2. The second-order valence-corrected chi connectivity index (χ2v) is 3.76. The van der Waals surface area contributed by atoms with E-state index in [9.17, 15) is 4.79 Å². The summed E-state index contributed by atoms with van der Waals surface area (Å²) in [4.78, 5) is 11.3. The minimum absolute atomic E-state index is 0.0349. The molecule has 0 aliphatic heterocycles. The van der Waals surface area contributed by atoms with Crippen LogP contribution in [0, 0.1) is 11.8 Å². The molecule has 0 bridgehead atoms. The lowest BCUT2D eigenvalue weighted by molar-refractivity contribution is 0.176. The van der Waals surface area contributed by atoms with Gasteiger partial charge in [0.1, 0.15) is 0 Å². The molecule has 1 aromatic carbocycles. The fourth-order valence-electron chi connectivity index (χ4n) is 0.997. The summed E-state index contributed by atoms with van der Waals surface area (Å²) in [7, 11) is 0. The Morgan fingerprint density at radius 2 is 2.12 bits per heavy atom. The van der Waals surface area contributed by atoms with Crippen LogP contribution in [0.4, 0.5) is 10.5 Å². The topological polar surface area (TPSA) is 38.3 Å². The average Bonchev–Trinajstić information content (AvgIpc) is 2.32. The number of alkyl halides is 1. The number of hydrogen-bond acceptors (Lipinski definition) is 2. The van der Waals surface area contributed by atoms with Gasteiger partial charge < -0.3 is 4.74 Å². The standard InChI is InChI=1S/C12H11Cl2NO2/c13-8-4-1-5-9-17-12(16)15-11-7-3-2-6-10(11)14/h2-3,6-7H,4,8-9H2,(H,15,16). The summed E-state index contributed by atoms with van der Waals surface area (Å²) >= 11 is 11.3. The predicted octanol–water partition coefficient (Wildman–Crippen LogP) is 3.52. The molecule has 1 amide bonds. The number of carbonyl (C=O) groups excluding carboxylic acids is 1. The molecule has 0 atom stereocenters. The Hall–Kier alpha value is -1.37. The number of halogens is 2. The molecule has 0 aliphatic carbocycles. The largest absolute Gasteiger partial charge is 0.436 e. The highest BCUT2D eigenvalue weighted by Gasteiger charge is 2.04. The lowest BCUT2D eigenvalue weighted by atomic mass is 10.3. The van der Waals surface area contributed by atoms with E-state index in [-0.39, 0.29) is 6.61 Å². The summed E-state index contributed by atoms with van der Waals surface area (Å²) in [5.74, 6) is 5.89. The van der Waals surface area contributed by atoms with Gasteiger partial charge in [-0.2, -0.15) is 0 Å². The lowest BCUT2D eigenvalue weighted by Gasteiger charge is -2.05. The first-order valence-corrected chi connectivity index (χ1v) is 5.85. The Morgan fingerprint density at radius 3 is 2.82 bits per heavy atom. The van der Waals surface area contributed by atoms with Crippen LogP contribution in [0.25, 0.3) is 0 Å². The molecular weight excluding hydrogens is 261 g/mol. The van der Waals surface area contributed by atoms with Crippen LogP contribution in [-0.2, 0) is 4.74 Å². The SMILES string of the molecule is O=C(Nc1ccccc1Cl)OCC#CCCCl. The summed E-state index contributed by atoms with van der Waals surface area (Å²) < 4.78 is 4.82. The summed E-state index contributed by atoms with van der Waals surface area (Å²) in [5, 5.41) is 2.97. The van der Waals surface area contributed by atoms with E-state index in [1.165, 1.54) is 0 Å². The summed E-state index contributed by atoms with van der Waals surface area (Å²) in [6, 6.07) is 6.90. The molecule has 0 heterocycles. The molecule has 0 saturated carbocycles. The second kappa shape index (κ2) is 7.83. The molecule has 0 radical (unpaired) electrons. The van der Waals surface area contributed by atoms with Crippen molar-refractivity contribution in [3.8, 4) is 11.8 Å². The number of ether oxygens (including phenoxy) is 1. The van der Waals surface area contributed by atoms with Gasteiger partial charge in [0.2, 0.25) is 0 Å². The van der Waals surface area contributed by atoms with E-state index >= 15 is 0 Å². The number of hydrogen-bond donors (Lipinski definition) is 1. The van der Waals surface area contributed by atoms with Crippen molar-refractivity contribution >= 4 is 35.0 Å². The van der Waals surface area contributed by atoms with Gasteiger partial charge in [0.25, 0.3) is 0 Å². The second-order valence-electron chi connectivity index (χ2n) is 2.97. The number of rotatable bonds is 3. The fraction of sp³-hybridized carbons (Fsp3) is 0.250. The minimum Gasteiger partial charge on any atom is -0.436 e. The Kier molecular flexibility index (Phi) is 6.31. The van der Waals surface area contributed by atoms with E-state index in [0.717, 1.165) is 0 Å². The lowest BCUT2D eigenvalue weighted by Crippen LogP contribution is -2.13. The van der Waals surface area contributed by atoms with Gasteiger partial charge in [-0.15, -0.1) is 11.6 Å². The summed E-state index contributed by atoms with van der Waals surface area (Å²) in [5.41, 5.74) is 0.507. The molecule has 0 aliphatic rings. The maximum absolute atomic E-state index is 11.3. The highest BCUT2D eigenvalue weighted by Crippen LogP contribution is 2.20. The number of nitrogens with one attached hydrogen (secondary N) is 1. The Labute approximate surface area is 110 Å². The van der Waals surface area contributed by atoms with Gasteiger partial charge in [-0.25, -0.2) is 4.79 Å². The smallest absolute Gasteiger partial charge is 0.412 e. The van der Waals surface area contributed by atoms with Gasteiger partial charge in [-0.1, -0.05) is 35.6 Å². The van der Waals surface area contributed by atoms with E-state index in [2.05, 4.69) is 17.2 Å². The number of para-hydroxylation sites is 1. The Balaban J connectivity index is 2.36. The third-order valence-corrected chi connectivity index (χ3v) is 2.25. The van der Waals surface area contributed by atoms with E-state index in [0.29, 0.717) is 23.0 Å². The van der Waals surface area contributed by atoms with Crippen LogP contribution in [0.5, 0.6) is 0 Å². The van der Waals surface area contributed by atoms with E-state index < -0.39 is 6.09 Å². The number of amides is 1. The number of benzene rings is 1. The molecule has 17 heavy (non-hydrogen) atoms. The minimum atomic E-state index is -0.585. The maximum atomic E-state index is 11.3. The van der Waals surface area contributed by atoms with E-state index in [4.69, 9.17) is 27.9 Å². The highest BCUT2D eigenvalue weighted by atomic mass is 35.5. The van der Waals surface area contributed by atoms with Gasteiger partial charge in [-0.05, 0) is 12.1 Å². The molecule has 0 spiro atoms. The van der Waals surface area contributed by atoms with Crippen LogP contribution in [0.2, 0.25) is 5.02 Å². The quantitative estimate of drug-likeness (QED) is 0.675. The van der Waals surface area contributed by atoms with Crippen LogP contribution < -0.4 is 5.32 Å². The molecule has 90 valence electrons. The van der Waals surface area contributed by atoms with Crippen molar-refractivity contribution in [3.63, 3.8) is 0 Å². The first kappa shape index (κ1) is 13.7. The van der Waals surface area contributed by atoms with Crippen LogP contribution in [0.1, 0.15) is 6.42 Å². The maximum Gasteiger partial charge on any atom is 0.412 e. The average molecular weight is 272 g/mol. The van der Waals surface area contributed by atoms with Crippen LogP contribution in [-0.4, -0.2) is 18.6 Å². The van der Waals surface area contributed by atoms with Crippen LogP contribution in [0.3, 0.4) is 0 Å². The van der Waals surface area contributed by atoms with Crippen molar-refractivity contribution in [1.29, 1.82) is 0 Å². The molecule has 1 N–H and O–H groups in total. The first-order chi connectivity index (χ1) is 8.24. The molecule has 0 saturated heterocycles. The first-order valence-electron chi connectivity index (χ1n) is 4.94. The molecule has 0 unspecified atom stereocenters. The normalized spacial score (nSPS) is 9.06. The van der Waals surface area contributed by atoms with Gasteiger partial charge in [0.15, 0.2) is 6.61 Å². The third kappa shape index (κ3) is 5.48. The van der Waals surface area contributed by atoms with Crippen molar-refractivity contribution in [2.24, 2.45) is 0 Å². The van der Waals surface area contributed by atoms with Crippen LogP contribution >= 0.6 is 23.2 Å². The van der Waals surface area contributed by atoms with Crippen molar-refractivity contribution in [2.45, 2.75) is 6.42 Å². The zero-order valence-corrected chi connectivity index (χ0v) is 10.5. The predicted molar refractivity (Wildman–Crippen MR) is 69.5 cm³/mol. The zero-order valence-electron chi connectivity index (χ0n) is 9.00. The van der Waals surface area contributed by atoms with Gasteiger partial charge in [-0.3, -0.25) is 5.32 Å². The Bertz CT molecular complexity index is 438. The van der Waals surface area contributed by atoms with Gasteiger partial charge in [0, 0.05) is 12.3 Å².